The number of nitrogens with one attached hydrogen (secondary N) is 1. The fourth-order valence-corrected chi connectivity index (χ4v) is 3.41. The van der Waals surface area contributed by atoms with E-state index in [2.05, 4.69) is 10.1 Å². The lowest BCUT2D eigenvalue weighted by atomic mass is 9.98. The number of aromatic nitrogens is 1. The van der Waals surface area contributed by atoms with E-state index in [1.165, 1.54) is 24.1 Å². The van der Waals surface area contributed by atoms with Crippen LogP contribution in [0.5, 0.6) is 0 Å². The maximum Gasteiger partial charge on any atom is 0.416 e. The number of methoxy groups -OCH3 is 1. The quantitative estimate of drug-likeness (QED) is 0.386. The van der Waals surface area contributed by atoms with Crippen LogP contribution in [0.4, 0.5) is 24.7 Å². The number of benzene rings is 2. The third-order valence-corrected chi connectivity index (χ3v) is 5.14. The van der Waals surface area contributed by atoms with Crippen molar-refractivity contribution in [3.05, 3.63) is 71.9 Å². The Bertz CT molecular complexity index is 1190. The maximum absolute atomic E-state index is 13.0. The van der Waals surface area contributed by atoms with E-state index in [0.717, 1.165) is 12.1 Å². The zero-order valence-corrected chi connectivity index (χ0v) is 18.4. The Kier molecular flexibility index (Phi) is 7.40. The van der Waals surface area contributed by atoms with Gasteiger partial charge in [0.15, 0.2) is 0 Å². The van der Waals surface area contributed by atoms with Crippen LogP contribution in [0.15, 0.2) is 60.8 Å². The van der Waals surface area contributed by atoms with Crippen LogP contribution < -0.4 is 10.2 Å². The van der Waals surface area contributed by atoms with Crippen LogP contribution in [0, 0.1) is 0 Å². The predicted molar refractivity (Wildman–Crippen MR) is 120 cm³/mol. The van der Waals surface area contributed by atoms with Gasteiger partial charge >= 0.3 is 12.1 Å². The molecule has 3 aromatic rings. The van der Waals surface area contributed by atoms with Gasteiger partial charge in [0.05, 0.1) is 24.8 Å². The zero-order chi connectivity index (χ0) is 24.9. The second-order valence-electron chi connectivity index (χ2n) is 7.40. The van der Waals surface area contributed by atoms with Crippen LogP contribution in [0.2, 0.25) is 0 Å². The van der Waals surface area contributed by atoms with Crippen LogP contribution >= 0.6 is 0 Å². The number of carbonyl (C=O) groups excluding carboxylic acids is 3. The van der Waals surface area contributed by atoms with Crippen molar-refractivity contribution in [3.8, 4) is 11.1 Å². The molecule has 0 fully saturated rings. The Labute approximate surface area is 193 Å². The van der Waals surface area contributed by atoms with E-state index in [0.29, 0.717) is 29.0 Å². The molecule has 0 atom stereocenters. The number of anilines is 2. The van der Waals surface area contributed by atoms with Crippen molar-refractivity contribution in [3.63, 3.8) is 0 Å². The largest absolute Gasteiger partial charge is 0.469 e. The van der Waals surface area contributed by atoms with Crippen LogP contribution in [0.1, 0.15) is 22.3 Å². The molecule has 10 heteroatoms. The first-order valence-electron chi connectivity index (χ1n) is 10.2. The standard InChI is InChI=1S/C24H22F3N3O4/c1-29-14-18(13-21(29)30(15-31)12-11-22(32)34-2)28-23(33)20-6-4-3-5-19(20)16-7-9-17(10-8-16)24(25,26)27/h3-10,13-15H,11-12H2,1-2H3,(H,28,33). The van der Waals surface area contributed by atoms with Gasteiger partial charge in [-0.2, -0.15) is 13.2 Å². The van der Waals surface area contributed by atoms with Crippen LogP contribution in [-0.4, -0.2) is 36.5 Å². The molecule has 0 aliphatic rings. The zero-order valence-electron chi connectivity index (χ0n) is 18.4. The molecular formula is C24H22F3N3O4. The van der Waals surface area contributed by atoms with Crippen LogP contribution in [0.25, 0.3) is 11.1 Å². The van der Waals surface area contributed by atoms with E-state index >= 15 is 0 Å². The summed E-state index contributed by atoms with van der Waals surface area (Å²) >= 11 is 0. The summed E-state index contributed by atoms with van der Waals surface area (Å²) < 4.78 is 44.8. The third kappa shape index (κ3) is 5.64. The summed E-state index contributed by atoms with van der Waals surface area (Å²) in [5, 5.41) is 2.75. The first kappa shape index (κ1) is 24.6. The predicted octanol–water partition coefficient (Wildman–Crippen LogP) is 4.49. The SMILES string of the molecule is COC(=O)CCN(C=O)c1cc(NC(=O)c2ccccc2-c2ccc(C(F)(F)F)cc2)cn1C. The van der Waals surface area contributed by atoms with E-state index < -0.39 is 23.6 Å². The van der Waals surface area contributed by atoms with Crippen LogP contribution in [0.3, 0.4) is 0 Å². The minimum atomic E-state index is -4.45. The van der Waals surface area contributed by atoms with E-state index in [1.807, 2.05) is 0 Å². The highest BCUT2D eigenvalue weighted by atomic mass is 19.4. The molecule has 1 N–H and O–H groups in total. The molecule has 0 aliphatic heterocycles. The summed E-state index contributed by atoms with van der Waals surface area (Å²) in [6, 6.07) is 12.7. The summed E-state index contributed by atoms with van der Waals surface area (Å²) in [5.74, 6) is -0.487. The van der Waals surface area contributed by atoms with E-state index in [4.69, 9.17) is 0 Å². The van der Waals surface area contributed by atoms with E-state index in [9.17, 15) is 27.6 Å². The Morgan fingerprint density at radius 1 is 1.12 bits per heavy atom. The normalized spacial score (nSPS) is 11.1. The molecule has 2 amide bonds. The molecule has 2 aromatic carbocycles. The van der Waals surface area contributed by atoms with Gasteiger partial charge in [-0.25, -0.2) is 0 Å². The molecule has 0 saturated heterocycles. The smallest absolute Gasteiger partial charge is 0.416 e. The highest BCUT2D eigenvalue weighted by molar-refractivity contribution is 6.09. The van der Waals surface area contributed by atoms with Crippen molar-refractivity contribution in [2.45, 2.75) is 12.6 Å². The van der Waals surface area contributed by atoms with Gasteiger partial charge in [0, 0.05) is 31.4 Å². The molecule has 178 valence electrons. The van der Waals surface area contributed by atoms with Gasteiger partial charge in [0.25, 0.3) is 5.91 Å². The molecule has 34 heavy (non-hydrogen) atoms. The molecule has 7 nitrogen and oxygen atoms in total. The molecule has 0 aliphatic carbocycles. The van der Waals surface area contributed by atoms with Gasteiger partial charge in [0.2, 0.25) is 6.41 Å². The Morgan fingerprint density at radius 2 is 1.79 bits per heavy atom. The fraction of sp³-hybridized carbons (Fsp3) is 0.208. The molecule has 1 heterocycles. The summed E-state index contributed by atoms with van der Waals surface area (Å²) in [5.41, 5.74) is 0.821. The number of halogens is 3. The number of aryl methyl sites for hydroxylation is 1. The molecule has 0 spiro atoms. The lowest BCUT2D eigenvalue weighted by Gasteiger charge is -2.16. The van der Waals surface area contributed by atoms with Crippen molar-refractivity contribution in [2.24, 2.45) is 7.05 Å². The molecule has 0 unspecified atom stereocenters. The summed E-state index contributed by atoms with van der Waals surface area (Å²) in [6.07, 6.45) is -2.28. The third-order valence-electron chi connectivity index (χ3n) is 5.14. The molecule has 0 bridgehead atoms. The van der Waals surface area contributed by atoms with Crippen molar-refractivity contribution >= 4 is 29.8 Å². The number of nitrogens with zero attached hydrogens (tertiary/aromatic N) is 2. The minimum Gasteiger partial charge on any atom is -0.469 e. The molecule has 0 radical (unpaired) electrons. The summed E-state index contributed by atoms with van der Waals surface area (Å²) in [7, 11) is 2.93. The van der Waals surface area contributed by atoms with Gasteiger partial charge in [-0.05, 0) is 29.3 Å². The maximum atomic E-state index is 13.0. The highest BCUT2D eigenvalue weighted by Crippen LogP contribution is 2.32. The van der Waals surface area contributed by atoms with Crippen molar-refractivity contribution in [1.82, 2.24) is 4.57 Å². The number of ether oxygens (including phenoxy) is 1. The second-order valence-corrected chi connectivity index (χ2v) is 7.40. The number of hydrogen-bond acceptors (Lipinski definition) is 4. The minimum absolute atomic E-state index is 0.00260. The number of hydrogen-bond donors (Lipinski definition) is 1. The summed E-state index contributed by atoms with van der Waals surface area (Å²) in [6.45, 7) is 0.0954. The Hall–Kier alpha value is -4.08. The van der Waals surface area contributed by atoms with E-state index in [-0.39, 0.29) is 18.5 Å². The lowest BCUT2D eigenvalue weighted by Crippen LogP contribution is -2.26. The van der Waals surface area contributed by atoms with Gasteiger partial charge in [-0.3, -0.25) is 14.4 Å². The number of alkyl halides is 3. The van der Waals surface area contributed by atoms with Gasteiger partial charge in [0.1, 0.15) is 5.82 Å². The number of esters is 1. The Morgan fingerprint density at radius 3 is 2.41 bits per heavy atom. The Balaban J connectivity index is 1.81. The summed E-state index contributed by atoms with van der Waals surface area (Å²) in [4.78, 5) is 37.2. The average molecular weight is 473 g/mol. The van der Waals surface area contributed by atoms with Crippen molar-refractivity contribution < 1.29 is 32.3 Å². The molecule has 0 saturated carbocycles. The lowest BCUT2D eigenvalue weighted by molar-refractivity contribution is -0.140. The number of rotatable bonds is 8. The molecular weight excluding hydrogens is 451 g/mol. The van der Waals surface area contributed by atoms with Crippen molar-refractivity contribution in [2.75, 3.05) is 23.9 Å². The molecule has 3 rings (SSSR count). The number of amides is 2. The van der Waals surface area contributed by atoms with Crippen molar-refractivity contribution in [1.29, 1.82) is 0 Å². The molecule has 1 aromatic heterocycles. The monoisotopic (exact) mass is 473 g/mol. The fourth-order valence-electron chi connectivity index (χ4n) is 3.41. The van der Waals surface area contributed by atoms with Gasteiger partial charge in [-0.1, -0.05) is 30.3 Å². The highest BCUT2D eigenvalue weighted by Gasteiger charge is 2.30. The first-order chi connectivity index (χ1) is 16.1. The van der Waals surface area contributed by atoms with E-state index in [1.54, 1.807) is 48.1 Å². The topological polar surface area (TPSA) is 80.6 Å². The average Bonchev–Trinajstić information content (AvgIpc) is 3.18. The van der Waals surface area contributed by atoms with Gasteiger partial charge in [-0.15, -0.1) is 0 Å². The van der Waals surface area contributed by atoms with Crippen LogP contribution in [-0.2, 0) is 27.5 Å². The first-order valence-corrected chi connectivity index (χ1v) is 10.2. The number of carbonyl (C=O) groups is 3. The van der Waals surface area contributed by atoms with Gasteiger partial charge < -0.3 is 19.5 Å². The second kappa shape index (κ2) is 10.2.